The first-order valence-corrected chi connectivity index (χ1v) is 18.4. The number of aromatic nitrogens is 4. The van der Waals surface area contributed by atoms with Gasteiger partial charge < -0.3 is 0 Å². The Kier molecular flexibility index (Phi) is 7.47. The maximum Gasteiger partial charge on any atom is 0.187 e. The van der Waals surface area contributed by atoms with E-state index in [1.807, 2.05) is 79.0 Å². The topological polar surface area (TPSA) is 55.9 Å². The average Bonchev–Trinajstić information content (AvgIpc) is 3.50. The van der Waals surface area contributed by atoms with Crippen LogP contribution in [0.5, 0.6) is 0 Å². The highest BCUT2D eigenvalue weighted by Gasteiger charge is 2.38. The highest BCUT2D eigenvalue weighted by molar-refractivity contribution is 6.19. The highest BCUT2D eigenvalue weighted by atomic mass is 15.0. The van der Waals surface area contributed by atoms with Crippen molar-refractivity contribution in [2.75, 3.05) is 0 Å². The normalized spacial score (nSPS) is 12.7. The monoisotopic (exact) mass is 703 g/mol. The fourth-order valence-corrected chi connectivity index (χ4v) is 8.33. The molecule has 0 saturated heterocycles. The first kappa shape index (κ1) is 32.4. The Bertz CT molecular complexity index is 2940. The smallest absolute Gasteiger partial charge is 0.187 e. The first-order chi connectivity index (χ1) is 27.0. The molecule has 0 fully saturated rings. The zero-order chi connectivity index (χ0) is 37.1. The minimum Gasteiger partial charge on any atom is -0.264 e. The molecule has 1 aliphatic carbocycles. The molecule has 0 radical (unpaired) electrons. The van der Waals surface area contributed by atoms with E-state index in [9.17, 15) is 0 Å². The number of fused-ring (bicyclic) bond motifs is 8. The Morgan fingerprint density at radius 2 is 1.05 bits per heavy atom. The molecule has 0 spiro atoms. The van der Waals surface area contributed by atoms with Gasteiger partial charge in [-0.15, -0.1) is 0 Å². The largest absolute Gasteiger partial charge is 0.264 e. The van der Waals surface area contributed by atoms with Crippen LogP contribution >= 0.6 is 0 Å². The van der Waals surface area contributed by atoms with Crippen molar-refractivity contribution in [2.24, 2.45) is 0 Å². The fourth-order valence-electron chi connectivity index (χ4n) is 8.33. The van der Waals surface area contributed by atoms with E-state index in [4.69, 9.17) is 21.5 Å². The Balaban J connectivity index is 1.19. The van der Waals surface area contributed by atoms with Crippen LogP contribution in [-0.4, -0.2) is 19.9 Å². The molecular formula is C50H33N5. The first-order valence-electron chi connectivity index (χ1n) is 18.4. The zero-order valence-electron chi connectivity index (χ0n) is 30.3. The lowest BCUT2D eigenvalue weighted by Crippen LogP contribution is -2.15. The second-order valence-corrected chi connectivity index (χ2v) is 14.6. The molecule has 0 unspecified atom stereocenters. The number of rotatable bonds is 5. The van der Waals surface area contributed by atoms with Gasteiger partial charge in [0.15, 0.2) is 23.2 Å². The number of hydrogen-bond acceptors (Lipinski definition) is 4. The van der Waals surface area contributed by atoms with Crippen LogP contribution in [0.3, 0.4) is 0 Å². The summed E-state index contributed by atoms with van der Waals surface area (Å²) in [6, 6.07) is 52.5. The van der Waals surface area contributed by atoms with Gasteiger partial charge >= 0.3 is 0 Å². The van der Waals surface area contributed by atoms with Crippen molar-refractivity contribution in [1.82, 2.24) is 19.9 Å². The van der Waals surface area contributed by atoms with Crippen LogP contribution in [0, 0.1) is 6.57 Å². The fraction of sp³-hybridized carbons (Fsp3) is 0.0600. The number of hydrogen-bond donors (Lipinski definition) is 0. The van der Waals surface area contributed by atoms with Gasteiger partial charge in [-0.3, -0.25) is 4.98 Å². The lowest BCUT2D eigenvalue weighted by atomic mass is 9.78. The molecule has 0 N–H and O–H groups in total. The second kappa shape index (κ2) is 12.7. The summed E-state index contributed by atoms with van der Waals surface area (Å²) in [4.78, 5) is 23.4. The Morgan fingerprint density at radius 3 is 1.71 bits per heavy atom. The van der Waals surface area contributed by atoms with Crippen molar-refractivity contribution in [3.63, 3.8) is 0 Å². The summed E-state index contributed by atoms with van der Waals surface area (Å²) in [5, 5.41) is 4.76. The number of benzene rings is 7. The zero-order valence-corrected chi connectivity index (χ0v) is 30.3. The molecule has 10 rings (SSSR count). The molecule has 1 aliphatic rings. The number of pyridine rings is 1. The summed E-state index contributed by atoms with van der Waals surface area (Å²) in [6.45, 7) is 12.5. The summed E-state index contributed by atoms with van der Waals surface area (Å²) >= 11 is 0. The van der Waals surface area contributed by atoms with Gasteiger partial charge in [0.05, 0.1) is 6.57 Å². The molecule has 2 aromatic heterocycles. The van der Waals surface area contributed by atoms with E-state index in [1.165, 1.54) is 38.4 Å². The van der Waals surface area contributed by atoms with Crippen LogP contribution < -0.4 is 0 Å². The molecule has 258 valence electrons. The van der Waals surface area contributed by atoms with E-state index in [1.54, 1.807) is 6.20 Å². The summed E-state index contributed by atoms with van der Waals surface area (Å²) in [5.74, 6) is 1.84. The van der Waals surface area contributed by atoms with E-state index in [0.29, 0.717) is 23.2 Å². The molecule has 0 saturated carbocycles. The quantitative estimate of drug-likeness (QED) is 0.132. The number of nitrogens with zero attached hydrogens (tertiary/aromatic N) is 5. The minimum absolute atomic E-state index is 0.296. The maximum atomic E-state index is 7.80. The van der Waals surface area contributed by atoms with Gasteiger partial charge in [-0.1, -0.05) is 129 Å². The molecule has 7 aromatic carbocycles. The standard InChI is InChI=1S/C50H33N5/c1-50(2)44-28-33(20-22-42(44)45-43-29-38(51-3)21-23-40(43)39-18-10-11-19-41(39)46(45)50)35-25-36(34-17-12-24-52-30-34)27-37(26-35)49-54-47(31-13-6-4-7-14-31)53-48(55-49)32-15-8-5-9-16-32/h4-30H,1-2H3. The van der Waals surface area contributed by atoms with Crippen molar-refractivity contribution < 1.29 is 0 Å². The lowest BCUT2D eigenvalue weighted by Gasteiger charge is -2.24. The maximum absolute atomic E-state index is 7.80. The van der Waals surface area contributed by atoms with E-state index in [2.05, 4.69) is 103 Å². The van der Waals surface area contributed by atoms with Gasteiger partial charge in [-0.25, -0.2) is 19.8 Å². The Morgan fingerprint density at radius 1 is 0.473 bits per heavy atom. The van der Waals surface area contributed by atoms with Crippen molar-refractivity contribution >= 4 is 27.2 Å². The van der Waals surface area contributed by atoms with Gasteiger partial charge in [0.25, 0.3) is 0 Å². The van der Waals surface area contributed by atoms with Crippen LogP contribution in [0.1, 0.15) is 25.0 Å². The van der Waals surface area contributed by atoms with Crippen molar-refractivity contribution in [2.45, 2.75) is 19.3 Å². The van der Waals surface area contributed by atoms with Crippen LogP contribution in [0.15, 0.2) is 164 Å². The third kappa shape index (κ3) is 5.38. The van der Waals surface area contributed by atoms with Crippen LogP contribution in [0.2, 0.25) is 0 Å². The predicted molar refractivity (Wildman–Crippen MR) is 224 cm³/mol. The summed E-state index contributed by atoms with van der Waals surface area (Å²) in [7, 11) is 0. The van der Waals surface area contributed by atoms with E-state index in [0.717, 1.165) is 44.3 Å². The molecule has 9 aromatic rings. The summed E-state index contributed by atoms with van der Waals surface area (Å²) < 4.78 is 0. The summed E-state index contributed by atoms with van der Waals surface area (Å²) in [5.41, 5.74) is 12.3. The molecule has 0 atom stereocenters. The van der Waals surface area contributed by atoms with Crippen molar-refractivity contribution in [1.29, 1.82) is 0 Å². The van der Waals surface area contributed by atoms with Crippen LogP contribution in [-0.2, 0) is 5.41 Å². The lowest BCUT2D eigenvalue weighted by molar-refractivity contribution is 0.667. The SMILES string of the molecule is [C-]#[N+]c1ccc2c(c1)c1c(c3ccccc32)C(C)(C)c2cc(-c3cc(-c4cccnc4)cc(-c4nc(-c5ccccc5)nc(-c5ccccc5)n4)c3)ccc2-1. The Labute approximate surface area is 319 Å². The molecule has 0 aliphatic heterocycles. The van der Waals surface area contributed by atoms with Crippen molar-refractivity contribution in [3.8, 4) is 67.5 Å². The van der Waals surface area contributed by atoms with Gasteiger partial charge in [0.1, 0.15) is 0 Å². The Hall–Kier alpha value is -7.29. The molecule has 5 heteroatoms. The summed E-state index contributed by atoms with van der Waals surface area (Å²) in [6.07, 6.45) is 3.70. The average molecular weight is 704 g/mol. The molecular weight excluding hydrogens is 671 g/mol. The van der Waals surface area contributed by atoms with Crippen LogP contribution in [0.4, 0.5) is 5.69 Å². The molecule has 5 nitrogen and oxygen atoms in total. The predicted octanol–water partition coefficient (Wildman–Crippen LogP) is 12.8. The molecule has 2 heterocycles. The third-order valence-corrected chi connectivity index (χ3v) is 10.9. The minimum atomic E-state index is -0.296. The van der Waals surface area contributed by atoms with E-state index in [-0.39, 0.29) is 5.41 Å². The van der Waals surface area contributed by atoms with Gasteiger partial charge in [0, 0.05) is 40.1 Å². The van der Waals surface area contributed by atoms with E-state index >= 15 is 0 Å². The van der Waals surface area contributed by atoms with Crippen LogP contribution in [0.25, 0.3) is 93.9 Å². The highest BCUT2D eigenvalue weighted by Crippen LogP contribution is 2.55. The molecule has 55 heavy (non-hydrogen) atoms. The molecule has 0 bridgehead atoms. The molecule has 0 amide bonds. The van der Waals surface area contributed by atoms with Gasteiger partial charge in [-0.2, -0.15) is 0 Å². The van der Waals surface area contributed by atoms with Gasteiger partial charge in [0.2, 0.25) is 0 Å². The third-order valence-electron chi connectivity index (χ3n) is 10.9. The van der Waals surface area contributed by atoms with E-state index < -0.39 is 0 Å². The van der Waals surface area contributed by atoms with Crippen molar-refractivity contribution in [3.05, 3.63) is 187 Å². The van der Waals surface area contributed by atoms with Gasteiger partial charge in [-0.05, 0) is 96.9 Å². The second-order valence-electron chi connectivity index (χ2n) is 14.6.